The summed E-state index contributed by atoms with van der Waals surface area (Å²) in [4.78, 5) is 48.5. The van der Waals surface area contributed by atoms with Gasteiger partial charge in [0.15, 0.2) is 0 Å². The van der Waals surface area contributed by atoms with Crippen LogP contribution in [0, 0.1) is 0 Å². The average Bonchev–Trinajstić information content (AvgIpc) is 2.73. The fourth-order valence-corrected chi connectivity index (χ4v) is 3.53. The molecule has 180 valence electrons. The molecule has 32 heavy (non-hydrogen) atoms. The fraction of sp³-hybridized carbons (Fsp3) is 0.619. The Kier molecular flexibility index (Phi) is 10.9. The van der Waals surface area contributed by atoms with Crippen LogP contribution in [0.4, 0.5) is 0 Å². The van der Waals surface area contributed by atoms with Crippen molar-refractivity contribution in [1.82, 2.24) is 10.6 Å². The van der Waals surface area contributed by atoms with Gasteiger partial charge in [0.05, 0.1) is 13.2 Å². The van der Waals surface area contributed by atoms with Crippen LogP contribution in [0.15, 0.2) is 23.8 Å². The monoisotopic (exact) mass is 472 g/mol. The topological polar surface area (TPSA) is 151 Å². The summed E-state index contributed by atoms with van der Waals surface area (Å²) in [6.07, 6.45) is 5.93. The summed E-state index contributed by atoms with van der Waals surface area (Å²) >= 11 is 1.55. The van der Waals surface area contributed by atoms with Crippen molar-refractivity contribution in [2.75, 3.05) is 31.8 Å². The number of thioether (sulfide) groups is 1. The summed E-state index contributed by atoms with van der Waals surface area (Å²) in [7, 11) is 0. The molecule has 11 heteroatoms. The third-order valence-corrected chi connectivity index (χ3v) is 5.35. The summed E-state index contributed by atoms with van der Waals surface area (Å²) < 4.78 is 9.67. The molecule has 0 aromatic carbocycles. The van der Waals surface area contributed by atoms with E-state index in [0.717, 1.165) is 12.2 Å². The number of ether oxygens (including phenoxy) is 2. The molecule has 0 aliphatic heterocycles. The largest absolute Gasteiger partial charge is 0.464 e. The minimum Gasteiger partial charge on any atom is -0.464 e. The number of hydrogen-bond acceptors (Lipinski definition) is 9. The number of amides is 2. The zero-order chi connectivity index (χ0) is 24.4. The molecule has 0 spiro atoms. The highest BCUT2D eigenvalue weighted by Gasteiger charge is 2.60. The smallest absolute Gasteiger partial charge is 0.346 e. The molecule has 0 aromatic heterocycles. The van der Waals surface area contributed by atoms with Crippen molar-refractivity contribution >= 4 is 35.5 Å². The summed E-state index contributed by atoms with van der Waals surface area (Å²) in [6, 6.07) is -0.679. The van der Waals surface area contributed by atoms with Crippen molar-refractivity contribution < 1.29 is 38.9 Å². The van der Waals surface area contributed by atoms with E-state index < -0.39 is 29.2 Å². The molecule has 2 unspecified atom stereocenters. The number of rotatable bonds is 12. The number of carbonyl (C=O) groups excluding carboxylic acids is 4. The number of hydrogen-bond donors (Lipinski definition) is 4. The Morgan fingerprint density at radius 3 is 2.22 bits per heavy atom. The molecule has 0 aromatic rings. The van der Waals surface area contributed by atoms with Crippen LogP contribution >= 0.6 is 11.8 Å². The maximum Gasteiger partial charge on any atom is 0.346 e. The normalized spacial score (nSPS) is 23.0. The second-order valence-electron chi connectivity index (χ2n) is 7.10. The van der Waals surface area contributed by atoms with Crippen LogP contribution in [-0.4, -0.2) is 83.0 Å². The lowest BCUT2D eigenvalue weighted by molar-refractivity contribution is -0.195. The van der Waals surface area contributed by atoms with Gasteiger partial charge in [-0.25, -0.2) is 9.59 Å². The maximum atomic E-state index is 12.4. The standard InChI is InChI=1S/C21H32N2O8S/c1-5-30-18(26)20(28)10-7-15(13-21(20,29)19(27)31-6-2)8-11-22-17(25)16(9-12-32-4)23-14(3)24/h7,10,13,16,28-29H,5-6,8-9,11-12H2,1-4H3,(H,22,25)(H,23,24)/t16-,20?,21?/m0/s1. The van der Waals surface area contributed by atoms with Gasteiger partial charge < -0.3 is 30.3 Å². The molecule has 0 saturated heterocycles. The predicted octanol–water partition coefficient (Wildman–Crippen LogP) is -0.165. The Morgan fingerprint density at radius 1 is 1.09 bits per heavy atom. The zero-order valence-corrected chi connectivity index (χ0v) is 19.6. The molecule has 0 fully saturated rings. The molecule has 0 bridgehead atoms. The van der Waals surface area contributed by atoms with Crippen LogP contribution in [0.25, 0.3) is 0 Å². The highest BCUT2D eigenvalue weighted by atomic mass is 32.2. The van der Waals surface area contributed by atoms with Crippen LogP contribution in [0.1, 0.15) is 33.6 Å². The van der Waals surface area contributed by atoms with Crippen molar-refractivity contribution in [1.29, 1.82) is 0 Å². The van der Waals surface area contributed by atoms with Gasteiger partial charge in [-0.15, -0.1) is 0 Å². The van der Waals surface area contributed by atoms with Gasteiger partial charge in [-0.05, 0) is 56.4 Å². The lowest BCUT2D eigenvalue weighted by atomic mass is 9.76. The molecule has 1 aliphatic rings. The lowest BCUT2D eigenvalue weighted by Crippen LogP contribution is -2.63. The molecule has 0 saturated carbocycles. The molecule has 10 nitrogen and oxygen atoms in total. The van der Waals surface area contributed by atoms with Gasteiger partial charge in [-0.3, -0.25) is 9.59 Å². The maximum absolute atomic E-state index is 12.4. The van der Waals surface area contributed by atoms with E-state index in [9.17, 15) is 29.4 Å². The van der Waals surface area contributed by atoms with E-state index in [1.807, 2.05) is 6.26 Å². The second-order valence-corrected chi connectivity index (χ2v) is 8.09. The number of carbonyl (C=O) groups is 4. The fourth-order valence-electron chi connectivity index (χ4n) is 3.06. The predicted molar refractivity (Wildman–Crippen MR) is 119 cm³/mol. The van der Waals surface area contributed by atoms with Crippen LogP contribution < -0.4 is 10.6 Å². The Balaban J connectivity index is 2.95. The van der Waals surface area contributed by atoms with Crippen LogP contribution in [0.3, 0.4) is 0 Å². The van der Waals surface area contributed by atoms with Gasteiger partial charge in [0.1, 0.15) is 6.04 Å². The molecule has 3 atom stereocenters. The van der Waals surface area contributed by atoms with Gasteiger partial charge in [0, 0.05) is 13.5 Å². The minimum atomic E-state index is -2.69. The van der Waals surface area contributed by atoms with Gasteiger partial charge in [-0.2, -0.15) is 11.8 Å². The van der Waals surface area contributed by atoms with Crippen LogP contribution in [0.5, 0.6) is 0 Å². The second kappa shape index (κ2) is 12.6. The van der Waals surface area contributed by atoms with Crippen molar-refractivity contribution in [2.24, 2.45) is 0 Å². The molecule has 0 radical (unpaired) electrons. The van der Waals surface area contributed by atoms with E-state index in [0.29, 0.717) is 17.7 Å². The van der Waals surface area contributed by atoms with E-state index in [-0.39, 0.29) is 38.0 Å². The first-order chi connectivity index (χ1) is 15.1. The van der Waals surface area contributed by atoms with E-state index in [1.54, 1.807) is 11.8 Å². The summed E-state index contributed by atoms with van der Waals surface area (Å²) in [6.45, 7) is 4.35. The first-order valence-electron chi connectivity index (χ1n) is 10.3. The minimum absolute atomic E-state index is 0.0670. The van der Waals surface area contributed by atoms with Gasteiger partial charge in [0.2, 0.25) is 23.0 Å². The first kappa shape index (κ1) is 27.7. The van der Waals surface area contributed by atoms with E-state index in [1.165, 1.54) is 26.8 Å². The van der Waals surface area contributed by atoms with Gasteiger partial charge in [0.25, 0.3) is 0 Å². The summed E-state index contributed by atoms with van der Waals surface area (Å²) in [5.74, 6) is -2.39. The van der Waals surface area contributed by atoms with Crippen molar-refractivity contribution in [2.45, 2.75) is 50.9 Å². The summed E-state index contributed by atoms with van der Waals surface area (Å²) in [5, 5.41) is 27.1. The number of aliphatic hydroxyl groups is 2. The molecule has 0 heterocycles. The number of allylic oxidation sites excluding steroid dienone is 1. The molecule has 2 amide bonds. The quantitative estimate of drug-likeness (QED) is 0.284. The molecule has 1 rings (SSSR count). The van der Waals surface area contributed by atoms with Gasteiger partial charge in [-0.1, -0.05) is 6.08 Å². The third kappa shape index (κ3) is 6.81. The van der Waals surface area contributed by atoms with E-state index >= 15 is 0 Å². The highest BCUT2D eigenvalue weighted by Crippen LogP contribution is 2.34. The molecular weight excluding hydrogens is 440 g/mol. The van der Waals surface area contributed by atoms with Crippen molar-refractivity contribution in [3.8, 4) is 0 Å². The van der Waals surface area contributed by atoms with Crippen LogP contribution in [0.2, 0.25) is 0 Å². The molecule has 4 N–H and O–H groups in total. The SMILES string of the molecule is CCOC(=O)C1(O)C=CC(CCNC(=O)[C@H](CCSC)NC(C)=O)=CC1(O)C(=O)OCC. The van der Waals surface area contributed by atoms with Crippen molar-refractivity contribution in [3.05, 3.63) is 23.8 Å². The van der Waals surface area contributed by atoms with Crippen molar-refractivity contribution in [3.63, 3.8) is 0 Å². The summed E-state index contributed by atoms with van der Waals surface area (Å²) in [5.41, 5.74) is -4.97. The highest BCUT2D eigenvalue weighted by molar-refractivity contribution is 7.98. The zero-order valence-electron chi connectivity index (χ0n) is 18.8. The average molecular weight is 473 g/mol. The first-order valence-corrected chi connectivity index (χ1v) is 11.7. The van der Waals surface area contributed by atoms with E-state index in [4.69, 9.17) is 9.47 Å². The number of nitrogens with one attached hydrogen (secondary N) is 2. The lowest BCUT2D eigenvalue weighted by Gasteiger charge is -2.37. The number of esters is 2. The van der Waals surface area contributed by atoms with E-state index in [2.05, 4.69) is 10.6 Å². The molecular formula is C21H32N2O8S. The molecule has 1 aliphatic carbocycles. The Hall–Kier alpha value is -2.37. The Bertz CT molecular complexity index is 769. The van der Waals surface area contributed by atoms with Gasteiger partial charge >= 0.3 is 11.9 Å². The van der Waals surface area contributed by atoms with Crippen LogP contribution in [-0.2, 0) is 28.7 Å². The third-order valence-electron chi connectivity index (χ3n) is 4.70. The Labute approximate surface area is 191 Å². The Morgan fingerprint density at radius 2 is 1.69 bits per heavy atom.